The quantitative estimate of drug-likeness (QED) is 0.833. The summed E-state index contributed by atoms with van der Waals surface area (Å²) in [4.78, 5) is 25.8. The number of esters is 1. The Labute approximate surface area is 119 Å². The van der Waals surface area contributed by atoms with Crippen molar-refractivity contribution in [1.29, 1.82) is 0 Å². The van der Waals surface area contributed by atoms with E-state index in [1.54, 1.807) is 12.1 Å². The third-order valence-corrected chi connectivity index (χ3v) is 3.03. The molecule has 1 rings (SSSR count). The van der Waals surface area contributed by atoms with Crippen LogP contribution in [0, 0.1) is 5.92 Å². The third-order valence-electron chi connectivity index (χ3n) is 3.03. The van der Waals surface area contributed by atoms with Gasteiger partial charge in [0.1, 0.15) is 6.04 Å². The largest absolute Gasteiger partial charge is 0.467 e. The van der Waals surface area contributed by atoms with Crippen LogP contribution in [0.15, 0.2) is 24.3 Å². The molecule has 1 amide bonds. The summed E-state index contributed by atoms with van der Waals surface area (Å²) in [5, 5.41) is 2.72. The van der Waals surface area contributed by atoms with Gasteiger partial charge in [0.2, 0.25) is 0 Å². The summed E-state index contributed by atoms with van der Waals surface area (Å²) < 4.78 is 4.71. The molecule has 0 unspecified atom stereocenters. The van der Waals surface area contributed by atoms with Crippen molar-refractivity contribution < 1.29 is 14.3 Å². The number of carbonyl (C=O) groups is 2. The fourth-order valence-electron chi connectivity index (χ4n) is 1.77. The number of nitrogens with zero attached hydrogens (tertiary/aromatic N) is 1. The molecule has 1 N–H and O–H groups in total. The van der Waals surface area contributed by atoms with Gasteiger partial charge < -0.3 is 15.0 Å². The van der Waals surface area contributed by atoms with E-state index in [-0.39, 0.29) is 11.8 Å². The van der Waals surface area contributed by atoms with Gasteiger partial charge in [-0.3, -0.25) is 4.79 Å². The number of benzene rings is 1. The van der Waals surface area contributed by atoms with Gasteiger partial charge in [-0.15, -0.1) is 0 Å². The summed E-state index contributed by atoms with van der Waals surface area (Å²) in [6, 6.07) is 6.58. The van der Waals surface area contributed by atoms with Crippen LogP contribution in [-0.4, -0.2) is 39.1 Å². The summed E-state index contributed by atoms with van der Waals surface area (Å²) in [7, 11) is 5.13. The number of nitrogens with one attached hydrogen (secondary N) is 1. The Morgan fingerprint density at radius 2 is 1.90 bits per heavy atom. The molecule has 0 aliphatic carbocycles. The van der Waals surface area contributed by atoms with Crippen molar-refractivity contribution >= 4 is 17.6 Å². The molecule has 1 atom stereocenters. The molecule has 0 heterocycles. The van der Waals surface area contributed by atoms with Gasteiger partial charge >= 0.3 is 5.97 Å². The van der Waals surface area contributed by atoms with Crippen LogP contribution in [0.25, 0.3) is 0 Å². The molecule has 0 saturated carbocycles. The topological polar surface area (TPSA) is 58.6 Å². The zero-order valence-corrected chi connectivity index (χ0v) is 12.6. The summed E-state index contributed by atoms with van der Waals surface area (Å²) in [5.41, 5.74) is 1.45. The van der Waals surface area contributed by atoms with Gasteiger partial charge in [-0.05, 0) is 24.1 Å². The van der Waals surface area contributed by atoms with Crippen molar-refractivity contribution in [2.24, 2.45) is 5.92 Å². The van der Waals surface area contributed by atoms with Gasteiger partial charge in [0.05, 0.1) is 7.11 Å². The molecular formula is C15H22N2O3. The molecular weight excluding hydrogens is 256 g/mol. The van der Waals surface area contributed by atoms with Crippen LogP contribution in [0.3, 0.4) is 0 Å². The van der Waals surface area contributed by atoms with Crippen molar-refractivity contribution in [3.05, 3.63) is 29.8 Å². The maximum Gasteiger partial charge on any atom is 0.328 e. The molecule has 0 aliphatic heterocycles. The highest BCUT2D eigenvalue weighted by Crippen LogP contribution is 2.14. The smallest absolute Gasteiger partial charge is 0.328 e. The van der Waals surface area contributed by atoms with Gasteiger partial charge in [0, 0.05) is 25.3 Å². The van der Waals surface area contributed by atoms with E-state index in [4.69, 9.17) is 4.74 Å². The van der Waals surface area contributed by atoms with Crippen LogP contribution in [-0.2, 0) is 9.53 Å². The molecule has 20 heavy (non-hydrogen) atoms. The second-order valence-electron chi connectivity index (χ2n) is 5.16. The average molecular weight is 278 g/mol. The minimum absolute atomic E-state index is 0.0385. The molecule has 1 aromatic carbocycles. The predicted molar refractivity (Wildman–Crippen MR) is 78.9 cm³/mol. The SMILES string of the molecule is COC(=O)[C@@H](NC(=O)c1cccc(N(C)C)c1)C(C)C. The number of anilines is 1. The molecule has 0 fully saturated rings. The summed E-state index contributed by atoms with van der Waals surface area (Å²) in [6.45, 7) is 3.72. The van der Waals surface area contributed by atoms with Gasteiger partial charge in [-0.2, -0.15) is 0 Å². The predicted octanol–water partition coefficient (Wildman–Crippen LogP) is 1.68. The van der Waals surface area contributed by atoms with Crippen molar-refractivity contribution in [3.8, 4) is 0 Å². The lowest BCUT2D eigenvalue weighted by molar-refractivity contribution is -0.144. The van der Waals surface area contributed by atoms with E-state index >= 15 is 0 Å². The Hall–Kier alpha value is -2.04. The zero-order chi connectivity index (χ0) is 15.3. The monoisotopic (exact) mass is 278 g/mol. The Bertz CT molecular complexity index is 484. The van der Waals surface area contributed by atoms with E-state index in [1.165, 1.54) is 7.11 Å². The summed E-state index contributed by atoms with van der Waals surface area (Å²) >= 11 is 0. The van der Waals surface area contributed by atoms with Gasteiger partial charge in [0.25, 0.3) is 5.91 Å². The number of rotatable bonds is 5. The van der Waals surface area contributed by atoms with Crippen LogP contribution >= 0.6 is 0 Å². The first-order chi connectivity index (χ1) is 9.36. The van der Waals surface area contributed by atoms with Gasteiger partial charge in [-0.1, -0.05) is 19.9 Å². The van der Waals surface area contributed by atoms with Gasteiger partial charge in [-0.25, -0.2) is 4.79 Å². The Kier molecular flexibility index (Phi) is 5.55. The normalized spacial score (nSPS) is 11.9. The van der Waals surface area contributed by atoms with Gasteiger partial charge in [0.15, 0.2) is 0 Å². The number of hydrogen-bond donors (Lipinski definition) is 1. The van der Waals surface area contributed by atoms with E-state index in [0.717, 1.165) is 5.69 Å². The highest BCUT2D eigenvalue weighted by Gasteiger charge is 2.25. The standard InChI is InChI=1S/C15H22N2O3/c1-10(2)13(15(19)20-5)16-14(18)11-7-6-8-12(9-11)17(3)4/h6-10,13H,1-5H3,(H,16,18)/t13-/m0/s1. The summed E-state index contributed by atoms with van der Waals surface area (Å²) in [6.07, 6.45) is 0. The third kappa shape index (κ3) is 3.98. The molecule has 5 heteroatoms. The van der Waals surface area contributed by atoms with Crippen LogP contribution < -0.4 is 10.2 Å². The van der Waals surface area contributed by atoms with E-state index in [1.807, 2.05) is 45.0 Å². The first-order valence-electron chi connectivity index (χ1n) is 6.53. The fourth-order valence-corrected chi connectivity index (χ4v) is 1.77. The Morgan fingerprint density at radius 3 is 2.40 bits per heavy atom. The molecule has 110 valence electrons. The first-order valence-corrected chi connectivity index (χ1v) is 6.53. The molecule has 0 saturated heterocycles. The minimum Gasteiger partial charge on any atom is -0.467 e. The number of carbonyl (C=O) groups excluding carboxylic acids is 2. The second-order valence-corrected chi connectivity index (χ2v) is 5.16. The molecule has 1 aromatic rings. The highest BCUT2D eigenvalue weighted by atomic mass is 16.5. The minimum atomic E-state index is -0.643. The van der Waals surface area contributed by atoms with Crippen molar-refractivity contribution in [2.75, 3.05) is 26.1 Å². The lowest BCUT2D eigenvalue weighted by atomic mass is 10.0. The fraction of sp³-hybridized carbons (Fsp3) is 0.467. The Morgan fingerprint density at radius 1 is 1.25 bits per heavy atom. The first kappa shape index (κ1) is 16.0. The van der Waals surface area contributed by atoms with E-state index in [9.17, 15) is 9.59 Å². The van der Waals surface area contributed by atoms with E-state index in [2.05, 4.69) is 5.32 Å². The molecule has 0 spiro atoms. The highest BCUT2D eigenvalue weighted by molar-refractivity contribution is 5.97. The van der Waals surface area contributed by atoms with Crippen LogP contribution in [0.2, 0.25) is 0 Å². The van der Waals surface area contributed by atoms with Crippen molar-refractivity contribution in [3.63, 3.8) is 0 Å². The molecule has 0 aromatic heterocycles. The number of ether oxygens (including phenoxy) is 1. The van der Waals surface area contributed by atoms with E-state index in [0.29, 0.717) is 5.56 Å². The second kappa shape index (κ2) is 6.93. The zero-order valence-electron chi connectivity index (χ0n) is 12.6. The van der Waals surface area contributed by atoms with Crippen molar-refractivity contribution in [2.45, 2.75) is 19.9 Å². The van der Waals surface area contributed by atoms with Crippen LogP contribution in [0.5, 0.6) is 0 Å². The number of methoxy groups -OCH3 is 1. The molecule has 0 radical (unpaired) electrons. The molecule has 0 bridgehead atoms. The maximum atomic E-state index is 12.2. The Balaban J connectivity index is 2.89. The average Bonchev–Trinajstić information content (AvgIpc) is 2.43. The molecule has 0 aliphatic rings. The maximum absolute atomic E-state index is 12.2. The lowest BCUT2D eigenvalue weighted by Crippen LogP contribution is -2.45. The van der Waals surface area contributed by atoms with Crippen molar-refractivity contribution in [1.82, 2.24) is 5.32 Å². The van der Waals surface area contributed by atoms with Crippen LogP contribution in [0.1, 0.15) is 24.2 Å². The molecule has 5 nitrogen and oxygen atoms in total. The lowest BCUT2D eigenvalue weighted by Gasteiger charge is -2.20. The number of hydrogen-bond acceptors (Lipinski definition) is 4. The van der Waals surface area contributed by atoms with Crippen LogP contribution in [0.4, 0.5) is 5.69 Å². The summed E-state index contributed by atoms with van der Waals surface area (Å²) in [5.74, 6) is -0.752. The van der Waals surface area contributed by atoms with E-state index < -0.39 is 12.0 Å². The number of amides is 1.